The Balaban J connectivity index is 2.62. The molecule has 122 valence electrons. The van der Waals surface area contributed by atoms with Crippen LogP contribution in [-0.2, 0) is 11.0 Å². The molecule has 1 N–H and O–H groups in total. The maximum Gasteiger partial charge on any atom is 0.431 e. The maximum absolute atomic E-state index is 12.6. The van der Waals surface area contributed by atoms with Crippen LogP contribution in [0.5, 0.6) is 0 Å². The van der Waals surface area contributed by atoms with Gasteiger partial charge in [-0.2, -0.15) is 13.2 Å². The predicted molar refractivity (Wildman–Crippen MR) is 77.3 cm³/mol. The highest BCUT2D eigenvalue weighted by Gasteiger charge is 2.33. The van der Waals surface area contributed by atoms with Crippen molar-refractivity contribution in [2.45, 2.75) is 6.18 Å². The number of H-pyrrole nitrogens is 1. The summed E-state index contributed by atoms with van der Waals surface area (Å²) in [6.07, 6.45) is -3.59. The molecule has 0 fully saturated rings. The Labute approximate surface area is 131 Å². The number of benzene rings is 1. The van der Waals surface area contributed by atoms with Crippen LogP contribution >= 0.6 is 11.6 Å². The monoisotopic (exact) mass is 347 g/mol. The normalized spacial score (nSPS) is 11.9. The molecule has 0 aliphatic heterocycles. The second-order valence-corrected chi connectivity index (χ2v) is 4.69. The molecule has 6 nitrogen and oxygen atoms in total. The summed E-state index contributed by atoms with van der Waals surface area (Å²) in [4.78, 5) is 29.8. The molecule has 10 heteroatoms. The van der Waals surface area contributed by atoms with Gasteiger partial charge < -0.3 is 9.82 Å². The highest BCUT2D eigenvalue weighted by molar-refractivity contribution is 6.33. The first-order chi connectivity index (χ1) is 10.7. The summed E-state index contributed by atoms with van der Waals surface area (Å²) in [5.41, 5.74) is -3.41. The lowest BCUT2D eigenvalue weighted by Gasteiger charge is -2.09. The number of rotatable bonds is 3. The molecule has 2 aromatic rings. The topological polar surface area (TPSA) is 76.5 Å². The lowest BCUT2D eigenvalue weighted by atomic mass is 10.2. The van der Waals surface area contributed by atoms with Crippen LogP contribution in [-0.4, -0.2) is 22.9 Å². The third-order valence-corrected chi connectivity index (χ3v) is 3.12. The molecular weight excluding hydrogens is 339 g/mol. The highest BCUT2D eigenvalue weighted by Crippen LogP contribution is 2.25. The summed E-state index contributed by atoms with van der Waals surface area (Å²) in [6.45, 7) is 0. The molecule has 0 saturated heterocycles. The number of hydrogen-bond donors (Lipinski definition) is 1. The molecular formula is C13H9ClF3N3O3. The Morgan fingerprint density at radius 1 is 1.30 bits per heavy atom. The molecule has 0 atom stereocenters. The van der Waals surface area contributed by atoms with Crippen LogP contribution in [0.2, 0.25) is 5.02 Å². The molecule has 0 bridgehead atoms. The summed E-state index contributed by atoms with van der Waals surface area (Å²) in [5, 5.41) is 3.75. The van der Waals surface area contributed by atoms with Gasteiger partial charge in [-0.3, -0.25) is 4.79 Å². The van der Waals surface area contributed by atoms with Crippen molar-refractivity contribution in [2.24, 2.45) is 5.16 Å². The van der Waals surface area contributed by atoms with Crippen molar-refractivity contribution in [3.63, 3.8) is 0 Å². The molecule has 2 rings (SSSR count). The molecule has 0 radical (unpaired) electrons. The highest BCUT2D eigenvalue weighted by atomic mass is 35.5. The quantitative estimate of drug-likeness (QED) is 0.683. The number of nitrogens with one attached hydrogen (secondary N) is 1. The number of aromatic nitrogens is 2. The van der Waals surface area contributed by atoms with E-state index in [1.165, 1.54) is 31.5 Å². The summed E-state index contributed by atoms with van der Waals surface area (Å²) in [6, 6.07) is 4.31. The van der Waals surface area contributed by atoms with Gasteiger partial charge in [0.05, 0.1) is 11.9 Å². The molecule has 1 aromatic heterocycles. The number of hydrogen-bond acceptors (Lipinski definition) is 4. The third kappa shape index (κ3) is 3.62. The van der Waals surface area contributed by atoms with E-state index in [4.69, 9.17) is 11.6 Å². The van der Waals surface area contributed by atoms with Crippen LogP contribution in [0, 0.1) is 0 Å². The van der Waals surface area contributed by atoms with Crippen LogP contribution in [0.4, 0.5) is 13.2 Å². The lowest BCUT2D eigenvalue weighted by Crippen LogP contribution is -2.35. The van der Waals surface area contributed by atoms with Crippen LogP contribution in [0.25, 0.3) is 5.69 Å². The van der Waals surface area contributed by atoms with Crippen molar-refractivity contribution in [3.05, 3.63) is 61.4 Å². The summed E-state index contributed by atoms with van der Waals surface area (Å²) < 4.78 is 38.3. The first kappa shape index (κ1) is 16.8. The van der Waals surface area contributed by atoms with Gasteiger partial charge in [0.25, 0.3) is 5.56 Å². The Hall–Kier alpha value is -2.55. The van der Waals surface area contributed by atoms with Crippen molar-refractivity contribution < 1.29 is 18.0 Å². The fraction of sp³-hybridized carbons (Fsp3) is 0.154. The first-order valence-corrected chi connectivity index (χ1v) is 6.42. The lowest BCUT2D eigenvalue weighted by molar-refractivity contribution is -0.141. The van der Waals surface area contributed by atoms with Gasteiger partial charge in [0.2, 0.25) is 0 Å². The molecule has 0 aliphatic rings. The van der Waals surface area contributed by atoms with Crippen molar-refractivity contribution in [2.75, 3.05) is 7.11 Å². The fourth-order valence-electron chi connectivity index (χ4n) is 1.77. The van der Waals surface area contributed by atoms with Crippen LogP contribution in [0.15, 0.2) is 39.0 Å². The van der Waals surface area contributed by atoms with Crippen molar-refractivity contribution in [1.82, 2.24) is 9.55 Å². The Morgan fingerprint density at radius 2 is 2.00 bits per heavy atom. The molecule has 1 aromatic carbocycles. The number of oxime groups is 1. The van der Waals surface area contributed by atoms with Gasteiger partial charge in [0.15, 0.2) is 0 Å². The smallest absolute Gasteiger partial charge is 0.399 e. The van der Waals surface area contributed by atoms with E-state index in [9.17, 15) is 22.8 Å². The van der Waals surface area contributed by atoms with E-state index < -0.39 is 23.1 Å². The maximum atomic E-state index is 12.6. The minimum Gasteiger partial charge on any atom is -0.399 e. The Bertz CT molecular complexity index is 840. The predicted octanol–water partition coefficient (Wildman–Crippen LogP) is 2.18. The van der Waals surface area contributed by atoms with Crippen LogP contribution in [0.3, 0.4) is 0 Å². The van der Waals surface area contributed by atoms with E-state index >= 15 is 0 Å². The minimum absolute atomic E-state index is 0.0342. The molecule has 0 aliphatic carbocycles. The molecule has 1 heterocycles. The van der Waals surface area contributed by atoms with Gasteiger partial charge in [-0.25, -0.2) is 9.36 Å². The molecule has 0 amide bonds. The molecule has 0 spiro atoms. The largest absolute Gasteiger partial charge is 0.431 e. The SMILES string of the molecule is CON=Cc1cc(-n2c(=O)cc(C(F)(F)F)[nH]c2=O)ccc1Cl. The fourth-order valence-corrected chi connectivity index (χ4v) is 1.94. The van der Waals surface area contributed by atoms with Gasteiger partial charge in [0.1, 0.15) is 12.8 Å². The van der Waals surface area contributed by atoms with Crippen LogP contribution in [0.1, 0.15) is 11.3 Å². The average molecular weight is 348 g/mol. The van der Waals surface area contributed by atoms with E-state index in [0.29, 0.717) is 16.2 Å². The second-order valence-electron chi connectivity index (χ2n) is 4.28. The van der Waals surface area contributed by atoms with E-state index in [0.717, 1.165) is 0 Å². The van der Waals surface area contributed by atoms with Gasteiger partial charge in [-0.15, -0.1) is 0 Å². The molecule has 0 unspecified atom stereocenters. The molecule has 23 heavy (non-hydrogen) atoms. The first-order valence-electron chi connectivity index (χ1n) is 6.04. The van der Waals surface area contributed by atoms with Crippen molar-refractivity contribution in [1.29, 1.82) is 0 Å². The van der Waals surface area contributed by atoms with Crippen molar-refractivity contribution >= 4 is 17.8 Å². The van der Waals surface area contributed by atoms with Crippen molar-refractivity contribution in [3.8, 4) is 5.69 Å². The zero-order chi connectivity index (χ0) is 17.2. The van der Waals surface area contributed by atoms with Gasteiger partial charge >= 0.3 is 11.9 Å². The summed E-state index contributed by atoms with van der Waals surface area (Å²) >= 11 is 5.92. The zero-order valence-electron chi connectivity index (χ0n) is 11.5. The van der Waals surface area contributed by atoms with E-state index in [1.54, 1.807) is 4.98 Å². The van der Waals surface area contributed by atoms with E-state index in [2.05, 4.69) is 9.99 Å². The minimum atomic E-state index is -4.83. The van der Waals surface area contributed by atoms with Gasteiger partial charge in [-0.1, -0.05) is 16.8 Å². The zero-order valence-corrected chi connectivity index (χ0v) is 12.3. The molecule has 0 saturated carbocycles. The number of halogens is 4. The second kappa shape index (κ2) is 6.29. The Morgan fingerprint density at radius 3 is 2.57 bits per heavy atom. The third-order valence-electron chi connectivity index (χ3n) is 2.77. The number of alkyl halides is 3. The van der Waals surface area contributed by atoms with Crippen LogP contribution < -0.4 is 11.2 Å². The average Bonchev–Trinajstić information content (AvgIpc) is 2.45. The summed E-state index contributed by atoms with van der Waals surface area (Å²) in [7, 11) is 1.30. The standard InChI is InChI=1S/C13H9ClF3N3O3/c1-23-18-6-7-4-8(2-3-9(7)14)20-11(21)5-10(13(15,16)17)19-12(20)22/h2-6H,1H3,(H,19,22). The van der Waals surface area contributed by atoms with Gasteiger partial charge in [-0.05, 0) is 18.2 Å². The number of aromatic amines is 1. The number of nitrogens with zero attached hydrogens (tertiary/aromatic N) is 2. The summed E-state index contributed by atoms with van der Waals surface area (Å²) in [5.74, 6) is 0. The van der Waals surface area contributed by atoms with E-state index in [-0.39, 0.29) is 10.7 Å². The Kier molecular flexibility index (Phi) is 4.60. The van der Waals surface area contributed by atoms with E-state index in [1.807, 2.05) is 0 Å². The van der Waals surface area contributed by atoms with Gasteiger partial charge in [0, 0.05) is 16.7 Å².